The van der Waals surface area contributed by atoms with E-state index in [0.717, 1.165) is 23.7 Å². The van der Waals surface area contributed by atoms with Gasteiger partial charge in [0.25, 0.3) is 0 Å². The van der Waals surface area contributed by atoms with Crippen LogP contribution >= 0.6 is 0 Å². The van der Waals surface area contributed by atoms with E-state index in [9.17, 15) is 13.0 Å². The summed E-state index contributed by atoms with van der Waals surface area (Å²) >= 11 is 0. The highest BCUT2D eigenvalue weighted by Crippen LogP contribution is 2.13. The summed E-state index contributed by atoms with van der Waals surface area (Å²) in [7, 11) is -3.05. The highest BCUT2D eigenvalue weighted by molar-refractivity contribution is 7.83. The molecule has 0 bridgehead atoms. The second-order valence-corrected chi connectivity index (χ2v) is 7.39. The van der Waals surface area contributed by atoms with E-state index >= 15 is 0 Å². The number of imidazole rings is 1. The molecule has 7 heteroatoms. The molecule has 0 N–H and O–H groups in total. The maximum atomic E-state index is 11.2. The first-order chi connectivity index (χ1) is 9.74. The third-order valence-corrected chi connectivity index (χ3v) is 4.55. The molecule has 1 rings (SSSR count). The molecule has 0 aliphatic heterocycles. The summed E-state index contributed by atoms with van der Waals surface area (Å²) in [5.41, 5.74) is 0. The number of hydrogen-bond acceptors (Lipinski definition) is 3. The van der Waals surface area contributed by atoms with Crippen molar-refractivity contribution < 1.29 is 17.5 Å². The van der Waals surface area contributed by atoms with Crippen LogP contribution in [0.1, 0.15) is 40.0 Å². The predicted octanol–water partition coefficient (Wildman–Crippen LogP) is 1.38. The van der Waals surface area contributed by atoms with Crippen molar-refractivity contribution in [3.05, 3.63) is 18.7 Å². The van der Waals surface area contributed by atoms with Crippen molar-refractivity contribution in [2.45, 2.75) is 59.2 Å². The van der Waals surface area contributed by atoms with Gasteiger partial charge in [-0.3, -0.25) is 0 Å². The number of hydrogen-bond donors (Lipinski definition) is 0. The standard InChI is InChI=1S/C14H27N3O3S/c1-5-6-7-16-8-9-17(12-16)11-14(10-13(2)3)15(4)21(18,19)20/h8-9,12-14H,5-7,10-11H2,1-4H3/t14-/m0/s1. The molecule has 0 aliphatic carbocycles. The van der Waals surface area contributed by atoms with Crippen molar-refractivity contribution in [1.29, 1.82) is 0 Å². The maximum Gasteiger partial charge on any atom is 0.243 e. The first-order valence-corrected chi connectivity index (χ1v) is 8.84. The minimum atomic E-state index is -4.41. The van der Waals surface area contributed by atoms with Crippen LogP contribution in [0.5, 0.6) is 0 Å². The van der Waals surface area contributed by atoms with Crippen LogP contribution in [0.2, 0.25) is 0 Å². The molecule has 21 heavy (non-hydrogen) atoms. The SMILES string of the molecule is CCCCn1cc[n+](C[C@H](CC(C)C)N(C)S(=O)(=O)[O-])c1. The lowest BCUT2D eigenvalue weighted by molar-refractivity contribution is -0.700. The summed E-state index contributed by atoms with van der Waals surface area (Å²) in [6, 6.07) is -0.320. The van der Waals surface area contributed by atoms with Crippen molar-refractivity contribution in [3.8, 4) is 0 Å². The first-order valence-electron chi connectivity index (χ1n) is 7.47. The van der Waals surface area contributed by atoms with E-state index in [1.807, 2.05) is 37.1 Å². The summed E-state index contributed by atoms with van der Waals surface area (Å²) in [6.45, 7) is 7.64. The Morgan fingerprint density at radius 1 is 1.38 bits per heavy atom. The summed E-state index contributed by atoms with van der Waals surface area (Å²) in [5, 5.41) is 0. The van der Waals surface area contributed by atoms with Crippen molar-refractivity contribution in [2.75, 3.05) is 7.05 Å². The summed E-state index contributed by atoms with van der Waals surface area (Å²) in [4.78, 5) is 0. The average Bonchev–Trinajstić information content (AvgIpc) is 2.80. The Hall–Kier alpha value is -0.920. The molecule has 0 saturated carbocycles. The van der Waals surface area contributed by atoms with Crippen LogP contribution in [0.25, 0.3) is 0 Å². The van der Waals surface area contributed by atoms with Gasteiger partial charge < -0.3 is 4.55 Å². The Kier molecular flexibility index (Phi) is 6.83. The Labute approximate surface area is 128 Å². The number of unbranched alkanes of at least 4 members (excludes halogenated alkanes) is 1. The maximum absolute atomic E-state index is 11.2. The van der Waals surface area contributed by atoms with Gasteiger partial charge in [0.1, 0.15) is 18.9 Å². The summed E-state index contributed by atoms with van der Waals surface area (Å²) in [5.74, 6) is 0.321. The van der Waals surface area contributed by atoms with E-state index in [2.05, 4.69) is 11.5 Å². The van der Waals surface area contributed by atoms with E-state index in [4.69, 9.17) is 0 Å². The fourth-order valence-electron chi connectivity index (χ4n) is 2.33. The third kappa shape index (κ3) is 6.15. The van der Waals surface area contributed by atoms with E-state index in [1.165, 1.54) is 7.05 Å². The minimum Gasteiger partial charge on any atom is -0.735 e. The first kappa shape index (κ1) is 18.1. The van der Waals surface area contributed by atoms with E-state index < -0.39 is 10.3 Å². The highest BCUT2D eigenvalue weighted by Gasteiger charge is 2.23. The molecule has 0 spiro atoms. The monoisotopic (exact) mass is 317 g/mol. The molecule has 0 aromatic carbocycles. The predicted molar refractivity (Wildman–Crippen MR) is 80.2 cm³/mol. The molecule has 1 heterocycles. The zero-order valence-corrected chi connectivity index (χ0v) is 14.2. The number of rotatable bonds is 9. The van der Waals surface area contributed by atoms with Crippen molar-refractivity contribution >= 4 is 10.3 Å². The van der Waals surface area contributed by atoms with Crippen molar-refractivity contribution in [2.24, 2.45) is 5.92 Å². The van der Waals surface area contributed by atoms with Crippen LogP contribution in [0, 0.1) is 5.92 Å². The Morgan fingerprint density at radius 2 is 2.05 bits per heavy atom. The fourth-order valence-corrected chi connectivity index (χ4v) is 2.85. The Bertz CT molecular complexity index is 525. The Morgan fingerprint density at radius 3 is 2.57 bits per heavy atom. The molecule has 0 radical (unpaired) electrons. The summed E-state index contributed by atoms with van der Waals surface area (Å²) < 4.78 is 38.7. The molecule has 6 nitrogen and oxygen atoms in total. The van der Waals surface area contributed by atoms with Gasteiger partial charge in [-0.15, -0.1) is 0 Å². The van der Waals surface area contributed by atoms with Crippen molar-refractivity contribution in [1.82, 2.24) is 8.87 Å². The molecule has 0 unspecified atom stereocenters. The van der Waals surface area contributed by atoms with E-state index in [-0.39, 0.29) is 6.04 Å². The normalized spacial score (nSPS) is 14.0. The smallest absolute Gasteiger partial charge is 0.243 e. The largest absolute Gasteiger partial charge is 0.735 e. The van der Waals surface area contributed by atoms with Gasteiger partial charge in [-0.05, 0) is 18.8 Å². The number of aromatic nitrogens is 2. The van der Waals surface area contributed by atoms with Crippen LogP contribution in [0.4, 0.5) is 0 Å². The van der Waals surface area contributed by atoms with Gasteiger partial charge in [0.05, 0.1) is 12.6 Å². The number of nitrogens with zero attached hydrogens (tertiary/aromatic N) is 3. The van der Waals surface area contributed by atoms with Gasteiger partial charge in [0.2, 0.25) is 6.33 Å². The second-order valence-electron chi connectivity index (χ2n) is 5.96. The second kappa shape index (κ2) is 7.91. The topological polar surface area (TPSA) is 69.2 Å². The van der Waals surface area contributed by atoms with Gasteiger partial charge in [-0.25, -0.2) is 21.9 Å². The molecular weight excluding hydrogens is 290 g/mol. The van der Waals surface area contributed by atoms with Gasteiger partial charge >= 0.3 is 0 Å². The summed E-state index contributed by atoms with van der Waals surface area (Å²) in [6.07, 6.45) is 8.77. The van der Waals surface area contributed by atoms with Crippen LogP contribution in [-0.2, 0) is 23.4 Å². The number of likely N-dealkylation sites (N-methyl/N-ethyl adjacent to an activating group) is 1. The van der Waals surface area contributed by atoms with Crippen LogP contribution in [0.15, 0.2) is 18.7 Å². The number of aryl methyl sites for hydroxylation is 1. The zero-order chi connectivity index (χ0) is 16.0. The van der Waals surface area contributed by atoms with E-state index in [0.29, 0.717) is 18.9 Å². The molecule has 0 saturated heterocycles. The molecule has 0 amide bonds. The van der Waals surface area contributed by atoms with Crippen LogP contribution in [0.3, 0.4) is 0 Å². The minimum absolute atomic E-state index is 0.320. The van der Waals surface area contributed by atoms with Crippen molar-refractivity contribution in [3.63, 3.8) is 0 Å². The van der Waals surface area contributed by atoms with Gasteiger partial charge in [-0.1, -0.05) is 27.2 Å². The molecule has 0 aliphatic rings. The lowest BCUT2D eigenvalue weighted by Gasteiger charge is -2.29. The Balaban J connectivity index is 2.78. The van der Waals surface area contributed by atoms with Gasteiger partial charge in [-0.2, -0.15) is 0 Å². The molecule has 1 aromatic rings. The van der Waals surface area contributed by atoms with Gasteiger partial charge in [0, 0.05) is 7.05 Å². The van der Waals surface area contributed by atoms with Crippen LogP contribution < -0.4 is 4.57 Å². The van der Waals surface area contributed by atoms with Crippen LogP contribution in [-0.4, -0.2) is 34.9 Å². The molecular formula is C14H27N3O3S. The quantitative estimate of drug-likeness (QED) is 0.510. The highest BCUT2D eigenvalue weighted by atomic mass is 32.2. The molecule has 0 fully saturated rings. The van der Waals surface area contributed by atoms with Gasteiger partial charge in [0.15, 0.2) is 10.3 Å². The third-order valence-electron chi connectivity index (χ3n) is 3.55. The average molecular weight is 317 g/mol. The zero-order valence-electron chi connectivity index (χ0n) is 13.4. The fraction of sp³-hybridized carbons (Fsp3) is 0.786. The van der Waals surface area contributed by atoms with E-state index in [1.54, 1.807) is 0 Å². The molecule has 1 atom stereocenters. The lowest BCUT2D eigenvalue weighted by Crippen LogP contribution is -2.48. The lowest BCUT2D eigenvalue weighted by atomic mass is 10.0. The molecule has 122 valence electrons. The molecule has 1 aromatic heterocycles.